The summed E-state index contributed by atoms with van der Waals surface area (Å²) >= 11 is 0. The number of ether oxygens (including phenoxy) is 1. The third-order valence-corrected chi connectivity index (χ3v) is 5.30. The molecule has 2 amide bonds. The molecule has 3 aromatic rings. The van der Waals surface area contributed by atoms with Crippen molar-refractivity contribution >= 4 is 17.7 Å². The molecule has 0 saturated carbocycles. The molecule has 1 N–H and O–H groups in total. The monoisotopic (exact) mass is 400 g/mol. The van der Waals surface area contributed by atoms with E-state index >= 15 is 0 Å². The predicted octanol–water partition coefficient (Wildman–Crippen LogP) is 4.60. The highest BCUT2D eigenvalue weighted by atomic mass is 16.6. The third-order valence-electron chi connectivity index (χ3n) is 5.30. The molecule has 1 saturated heterocycles. The zero-order valence-electron chi connectivity index (χ0n) is 16.7. The Morgan fingerprint density at radius 1 is 0.933 bits per heavy atom. The van der Waals surface area contributed by atoms with Gasteiger partial charge in [-0.1, -0.05) is 66.7 Å². The lowest BCUT2D eigenvalue weighted by Gasteiger charge is -2.19. The molecule has 1 aliphatic heterocycles. The Morgan fingerprint density at radius 2 is 1.60 bits per heavy atom. The van der Waals surface area contributed by atoms with Crippen LogP contribution in [-0.4, -0.2) is 31.7 Å². The van der Waals surface area contributed by atoms with Gasteiger partial charge in [-0.2, -0.15) is 0 Å². The van der Waals surface area contributed by atoms with Gasteiger partial charge in [0.15, 0.2) is 0 Å². The first-order valence-electron chi connectivity index (χ1n) is 10.1. The second-order valence-corrected chi connectivity index (χ2v) is 7.23. The molecule has 4 rings (SSSR count). The predicted molar refractivity (Wildman–Crippen MR) is 117 cm³/mol. The summed E-state index contributed by atoms with van der Waals surface area (Å²) in [5.41, 5.74) is 3.67. The summed E-state index contributed by atoms with van der Waals surface area (Å²) in [6.07, 6.45) is 0.416. The highest BCUT2D eigenvalue weighted by Crippen LogP contribution is 2.27. The van der Waals surface area contributed by atoms with E-state index in [0.29, 0.717) is 30.9 Å². The Hall–Kier alpha value is -3.60. The molecule has 30 heavy (non-hydrogen) atoms. The Labute approximate surface area is 176 Å². The van der Waals surface area contributed by atoms with Crippen molar-refractivity contribution in [2.75, 3.05) is 24.6 Å². The standard InChI is InChI=1S/C25H24N2O3/c28-24(21-12-7-13-22(18-21)27-16-17-30-25(27)29)26-15-14-23(19-8-3-1-4-9-19)20-10-5-2-6-11-20/h1-13,18,23H,14-17H2,(H,26,28). The zero-order valence-corrected chi connectivity index (χ0v) is 16.7. The molecule has 0 unspecified atom stereocenters. The van der Waals surface area contributed by atoms with Gasteiger partial charge < -0.3 is 10.1 Å². The molecule has 5 nitrogen and oxygen atoms in total. The average molecular weight is 400 g/mol. The summed E-state index contributed by atoms with van der Waals surface area (Å²) in [5.74, 6) is 0.0580. The van der Waals surface area contributed by atoms with Gasteiger partial charge in [-0.05, 0) is 35.7 Å². The molecule has 3 aromatic carbocycles. The van der Waals surface area contributed by atoms with E-state index in [1.807, 2.05) is 42.5 Å². The lowest BCUT2D eigenvalue weighted by atomic mass is 9.88. The van der Waals surface area contributed by atoms with Crippen molar-refractivity contribution in [1.29, 1.82) is 0 Å². The number of amides is 2. The summed E-state index contributed by atoms with van der Waals surface area (Å²) in [4.78, 5) is 26.0. The number of anilines is 1. The first kappa shape index (κ1) is 19.7. The number of nitrogens with one attached hydrogen (secondary N) is 1. The highest BCUT2D eigenvalue weighted by molar-refractivity contribution is 5.97. The van der Waals surface area contributed by atoms with Crippen LogP contribution < -0.4 is 10.2 Å². The van der Waals surface area contributed by atoms with Gasteiger partial charge in [-0.15, -0.1) is 0 Å². The maximum Gasteiger partial charge on any atom is 0.414 e. The Balaban J connectivity index is 1.42. The number of carbonyl (C=O) groups is 2. The highest BCUT2D eigenvalue weighted by Gasteiger charge is 2.24. The molecule has 1 aliphatic rings. The van der Waals surface area contributed by atoms with Gasteiger partial charge >= 0.3 is 6.09 Å². The van der Waals surface area contributed by atoms with Crippen LogP contribution in [0.5, 0.6) is 0 Å². The lowest BCUT2D eigenvalue weighted by Crippen LogP contribution is -2.27. The van der Waals surface area contributed by atoms with Crippen molar-refractivity contribution < 1.29 is 14.3 Å². The van der Waals surface area contributed by atoms with Crippen LogP contribution in [-0.2, 0) is 4.74 Å². The summed E-state index contributed by atoms with van der Waals surface area (Å²) in [7, 11) is 0. The summed E-state index contributed by atoms with van der Waals surface area (Å²) in [5, 5.41) is 3.02. The van der Waals surface area contributed by atoms with Gasteiger partial charge in [0.05, 0.1) is 6.54 Å². The topological polar surface area (TPSA) is 58.6 Å². The van der Waals surface area contributed by atoms with Crippen molar-refractivity contribution in [3.63, 3.8) is 0 Å². The molecule has 0 aliphatic carbocycles. The van der Waals surface area contributed by atoms with Crippen LogP contribution >= 0.6 is 0 Å². The second-order valence-electron chi connectivity index (χ2n) is 7.23. The van der Waals surface area contributed by atoms with E-state index in [4.69, 9.17) is 4.74 Å². The minimum atomic E-state index is -0.374. The van der Waals surface area contributed by atoms with Crippen molar-refractivity contribution in [3.8, 4) is 0 Å². The number of rotatable bonds is 7. The third kappa shape index (κ3) is 4.51. The first-order chi connectivity index (χ1) is 14.7. The largest absolute Gasteiger partial charge is 0.447 e. The van der Waals surface area contributed by atoms with Gasteiger partial charge in [0.1, 0.15) is 6.61 Å². The lowest BCUT2D eigenvalue weighted by molar-refractivity contribution is 0.0952. The molecular formula is C25H24N2O3. The van der Waals surface area contributed by atoms with Gasteiger partial charge in [0.2, 0.25) is 0 Å². The van der Waals surface area contributed by atoms with E-state index in [1.165, 1.54) is 16.0 Å². The number of nitrogens with zero attached hydrogens (tertiary/aromatic N) is 1. The summed E-state index contributed by atoms with van der Waals surface area (Å²) in [6, 6.07) is 27.8. The smallest absolute Gasteiger partial charge is 0.414 e. The van der Waals surface area contributed by atoms with Crippen LogP contribution in [0.25, 0.3) is 0 Å². The Kier molecular flexibility index (Phi) is 6.09. The van der Waals surface area contributed by atoms with Crippen molar-refractivity contribution in [1.82, 2.24) is 5.32 Å². The van der Waals surface area contributed by atoms with Crippen LogP contribution in [0.3, 0.4) is 0 Å². The van der Waals surface area contributed by atoms with Crippen LogP contribution in [0.1, 0.15) is 33.8 Å². The fourth-order valence-electron chi connectivity index (χ4n) is 3.77. The first-order valence-corrected chi connectivity index (χ1v) is 10.1. The second kappa shape index (κ2) is 9.27. The molecule has 0 bridgehead atoms. The number of carbonyl (C=O) groups excluding carboxylic acids is 2. The number of hydrogen-bond acceptors (Lipinski definition) is 3. The zero-order chi connectivity index (χ0) is 20.8. The molecule has 0 atom stereocenters. The maximum atomic E-state index is 12.7. The molecule has 0 radical (unpaired) electrons. The number of cyclic esters (lactones) is 1. The maximum absolute atomic E-state index is 12.7. The summed E-state index contributed by atoms with van der Waals surface area (Å²) < 4.78 is 4.98. The van der Waals surface area contributed by atoms with E-state index in [-0.39, 0.29) is 17.9 Å². The van der Waals surface area contributed by atoms with E-state index < -0.39 is 0 Å². The van der Waals surface area contributed by atoms with E-state index in [0.717, 1.165) is 6.42 Å². The van der Waals surface area contributed by atoms with Gasteiger partial charge in [0.25, 0.3) is 5.91 Å². The fraction of sp³-hybridized carbons (Fsp3) is 0.200. The molecule has 1 heterocycles. The van der Waals surface area contributed by atoms with Crippen LogP contribution in [0.2, 0.25) is 0 Å². The van der Waals surface area contributed by atoms with Gasteiger partial charge in [0, 0.05) is 23.7 Å². The number of benzene rings is 3. The molecule has 1 fully saturated rings. The average Bonchev–Trinajstić information content (AvgIpc) is 3.24. The van der Waals surface area contributed by atoms with Gasteiger partial charge in [-0.25, -0.2) is 4.79 Å². The van der Waals surface area contributed by atoms with Crippen molar-refractivity contribution in [3.05, 3.63) is 102 Å². The van der Waals surface area contributed by atoms with Crippen LogP contribution in [0, 0.1) is 0 Å². The Morgan fingerprint density at radius 3 is 2.20 bits per heavy atom. The van der Waals surface area contributed by atoms with E-state index in [1.54, 1.807) is 18.2 Å². The minimum absolute atomic E-state index is 0.149. The molecule has 5 heteroatoms. The van der Waals surface area contributed by atoms with E-state index in [2.05, 4.69) is 29.6 Å². The molecular weight excluding hydrogens is 376 g/mol. The SMILES string of the molecule is O=C(NCCC(c1ccccc1)c1ccccc1)c1cccc(N2CCOC2=O)c1. The van der Waals surface area contributed by atoms with Crippen molar-refractivity contribution in [2.45, 2.75) is 12.3 Å². The van der Waals surface area contributed by atoms with Gasteiger partial charge in [-0.3, -0.25) is 9.69 Å². The van der Waals surface area contributed by atoms with Crippen LogP contribution in [0.4, 0.5) is 10.5 Å². The number of hydrogen-bond donors (Lipinski definition) is 1. The fourth-order valence-corrected chi connectivity index (χ4v) is 3.77. The molecule has 0 aromatic heterocycles. The van der Waals surface area contributed by atoms with E-state index in [9.17, 15) is 9.59 Å². The van der Waals surface area contributed by atoms with Crippen LogP contribution in [0.15, 0.2) is 84.9 Å². The normalized spacial score (nSPS) is 13.4. The molecule has 0 spiro atoms. The Bertz CT molecular complexity index is 966. The minimum Gasteiger partial charge on any atom is -0.447 e. The van der Waals surface area contributed by atoms with Crippen molar-refractivity contribution in [2.24, 2.45) is 0 Å². The summed E-state index contributed by atoms with van der Waals surface area (Å²) in [6.45, 7) is 1.42. The molecule has 152 valence electrons. The quantitative estimate of drug-likeness (QED) is 0.631.